The van der Waals surface area contributed by atoms with E-state index in [0.717, 1.165) is 44.4 Å². The minimum absolute atomic E-state index is 0.0710. The maximum absolute atomic E-state index is 13.6. The number of para-hydroxylation sites is 1. The third-order valence-electron chi connectivity index (χ3n) is 6.54. The van der Waals surface area contributed by atoms with Crippen LogP contribution < -0.4 is 19.7 Å². The summed E-state index contributed by atoms with van der Waals surface area (Å²) in [6.45, 7) is 4.60. The van der Waals surface area contributed by atoms with Crippen molar-refractivity contribution in [1.29, 1.82) is 0 Å². The summed E-state index contributed by atoms with van der Waals surface area (Å²) >= 11 is 1.38. The van der Waals surface area contributed by atoms with Gasteiger partial charge in [-0.2, -0.15) is 0 Å². The number of nitro benzene ring substituents is 1. The number of hydrogen-bond donors (Lipinski definition) is 1. The molecule has 0 saturated carbocycles. The van der Waals surface area contributed by atoms with Crippen molar-refractivity contribution in [2.45, 2.75) is 58.7 Å². The fourth-order valence-electron chi connectivity index (χ4n) is 4.84. The van der Waals surface area contributed by atoms with Crippen molar-refractivity contribution in [3.8, 4) is 11.5 Å². The van der Waals surface area contributed by atoms with Crippen LogP contribution in [0.2, 0.25) is 0 Å². The Bertz CT molecular complexity index is 1360. The van der Waals surface area contributed by atoms with Crippen molar-refractivity contribution in [3.05, 3.63) is 57.6 Å². The zero-order valence-corrected chi connectivity index (χ0v) is 23.5. The van der Waals surface area contributed by atoms with Crippen LogP contribution in [0.15, 0.2) is 41.5 Å². The number of anilines is 1. The first-order chi connectivity index (χ1) is 19.2. The lowest BCUT2D eigenvalue weighted by Gasteiger charge is -2.48. The quantitative estimate of drug-likeness (QED) is 0.150. The topological polar surface area (TPSA) is 144 Å². The number of rotatable bonds is 9. The number of benzene rings is 2. The van der Waals surface area contributed by atoms with Crippen molar-refractivity contribution in [2.24, 2.45) is 5.10 Å². The number of hydrogen-bond acceptors (Lipinski definition) is 10. The molecule has 212 valence electrons. The molecule has 0 bridgehead atoms. The Labute approximate surface area is 235 Å². The highest BCUT2D eigenvalue weighted by atomic mass is 32.2. The van der Waals surface area contributed by atoms with Gasteiger partial charge in [0.15, 0.2) is 17.4 Å². The molecule has 0 saturated heterocycles. The zero-order chi connectivity index (χ0) is 29.0. The SMILES string of the molecule is CCCCCCSC1=NN2[C@H](c3cc(OC)cc([N+](=O)[O-])c3OC(C)=O)N(C(C)=O)c3ccccc3[C@@H]2C(=O)N1. The van der Waals surface area contributed by atoms with Gasteiger partial charge in [-0.05, 0) is 18.6 Å². The molecular formula is C27H31N5O7S. The molecule has 2 amide bonds. The molecule has 40 heavy (non-hydrogen) atoms. The van der Waals surface area contributed by atoms with Crippen LogP contribution in [0.25, 0.3) is 0 Å². The molecule has 2 aromatic carbocycles. The molecule has 0 radical (unpaired) electrons. The van der Waals surface area contributed by atoms with Gasteiger partial charge in [0.25, 0.3) is 5.91 Å². The van der Waals surface area contributed by atoms with Gasteiger partial charge in [-0.1, -0.05) is 56.1 Å². The summed E-state index contributed by atoms with van der Waals surface area (Å²) in [5.74, 6) is -1.10. The Kier molecular flexibility index (Phi) is 8.93. The molecule has 2 heterocycles. The number of amides is 2. The van der Waals surface area contributed by atoms with Crippen LogP contribution in [0.3, 0.4) is 0 Å². The average Bonchev–Trinajstić information content (AvgIpc) is 2.91. The summed E-state index contributed by atoms with van der Waals surface area (Å²) in [6.07, 6.45) is 3.00. The highest BCUT2D eigenvalue weighted by Crippen LogP contribution is 2.50. The van der Waals surface area contributed by atoms with Crippen molar-refractivity contribution >= 4 is 46.1 Å². The summed E-state index contributed by atoms with van der Waals surface area (Å²) in [6, 6.07) is 8.54. The van der Waals surface area contributed by atoms with Gasteiger partial charge in [0.2, 0.25) is 11.7 Å². The summed E-state index contributed by atoms with van der Waals surface area (Å²) in [5.41, 5.74) is 0.510. The van der Waals surface area contributed by atoms with Crippen molar-refractivity contribution in [3.63, 3.8) is 0 Å². The Morgan fingerprint density at radius 1 is 1.15 bits per heavy atom. The number of nitro groups is 1. The standard InChI is InChI=1S/C27H31N5O7S/c1-5-6-7-10-13-40-27-28-25(35)23-19-11-8-9-12-21(19)30(16(2)33)26(31(23)29-27)20-14-18(38-4)15-22(32(36)37)24(20)39-17(3)34/h8-9,11-12,14-15,23,26H,5-7,10,13H2,1-4H3,(H,28,29,35)/t23-,26-/m1/s1. The first-order valence-corrected chi connectivity index (χ1v) is 13.9. The normalized spacial score (nSPS) is 17.8. The number of nitrogens with one attached hydrogen (secondary N) is 1. The monoisotopic (exact) mass is 569 g/mol. The lowest BCUT2D eigenvalue weighted by Crippen LogP contribution is -2.55. The number of unbranched alkanes of at least 4 members (excludes halogenated alkanes) is 3. The molecule has 0 spiro atoms. The third kappa shape index (κ3) is 5.74. The summed E-state index contributed by atoms with van der Waals surface area (Å²) in [4.78, 5) is 51.7. The Balaban J connectivity index is 1.94. The maximum atomic E-state index is 13.6. The Hall–Kier alpha value is -4.13. The number of esters is 1. The van der Waals surface area contributed by atoms with Crippen LogP contribution in [-0.2, 0) is 14.4 Å². The number of carbonyl (C=O) groups is 3. The smallest absolute Gasteiger partial charge is 0.315 e. The van der Waals surface area contributed by atoms with Gasteiger partial charge < -0.3 is 14.8 Å². The third-order valence-corrected chi connectivity index (χ3v) is 7.49. The molecule has 2 atom stereocenters. The van der Waals surface area contributed by atoms with Crippen LogP contribution in [0.4, 0.5) is 11.4 Å². The summed E-state index contributed by atoms with van der Waals surface area (Å²) < 4.78 is 10.7. The fourth-order valence-corrected chi connectivity index (χ4v) is 5.71. The van der Waals surface area contributed by atoms with E-state index in [1.807, 2.05) is 0 Å². The van der Waals surface area contributed by atoms with Crippen LogP contribution in [0.5, 0.6) is 11.5 Å². The van der Waals surface area contributed by atoms with E-state index in [0.29, 0.717) is 16.4 Å². The minimum Gasteiger partial charge on any atom is -0.496 e. The molecule has 12 nitrogen and oxygen atoms in total. The number of fused-ring (bicyclic) bond motifs is 3. The highest BCUT2D eigenvalue weighted by Gasteiger charge is 2.48. The number of ether oxygens (including phenoxy) is 2. The highest BCUT2D eigenvalue weighted by molar-refractivity contribution is 8.13. The molecule has 0 unspecified atom stereocenters. The molecule has 2 aliphatic rings. The van der Waals surface area contributed by atoms with Crippen LogP contribution in [0.1, 0.15) is 69.8 Å². The average molecular weight is 570 g/mol. The molecule has 0 aromatic heterocycles. The van der Waals surface area contributed by atoms with Crippen LogP contribution >= 0.6 is 11.8 Å². The van der Waals surface area contributed by atoms with Gasteiger partial charge in [0.05, 0.1) is 29.4 Å². The minimum atomic E-state index is -1.18. The van der Waals surface area contributed by atoms with E-state index in [1.54, 1.807) is 24.3 Å². The van der Waals surface area contributed by atoms with Gasteiger partial charge in [0, 0.05) is 25.2 Å². The van der Waals surface area contributed by atoms with Gasteiger partial charge in [-0.15, -0.1) is 5.10 Å². The molecule has 4 rings (SSSR count). The van der Waals surface area contributed by atoms with Crippen molar-refractivity contribution in [2.75, 3.05) is 17.8 Å². The van der Waals surface area contributed by atoms with Crippen molar-refractivity contribution in [1.82, 2.24) is 10.3 Å². The molecule has 2 aromatic rings. The summed E-state index contributed by atoms with van der Waals surface area (Å²) in [5, 5.41) is 21.5. The van der Waals surface area contributed by atoms with E-state index in [-0.39, 0.29) is 23.0 Å². The Morgan fingerprint density at radius 3 is 2.55 bits per heavy atom. The predicted octanol–water partition coefficient (Wildman–Crippen LogP) is 4.65. The number of thioether (sulfide) groups is 1. The Morgan fingerprint density at radius 2 is 1.90 bits per heavy atom. The lowest BCUT2D eigenvalue weighted by molar-refractivity contribution is -0.385. The summed E-state index contributed by atoms with van der Waals surface area (Å²) in [7, 11) is 1.34. The molecule has 13 heteroatoms. The second-order valence-electron chi connectivity index (χ2n) is 9.32. The van der Waals surface area contributed by atoms with E-state index in [4.69, 9.17) is 14.6 Å². The van der Waals surface area contributed by atoms with E-state index in [1.165, 1.54) is 41.8 Å². The number of methoxy groups -OCH3 is 1. The first-order valence-electron chi connectivity index (χ1n) is 12.9. The predicted molar refractivity (Wildman–Crippen MR) is 150 cm³/mol. The van der Waals surface area contributed by atoms with E-state index in [9.17, 15) is 24.5 Å². The number of carbonyl (C=O) groups excluding carboxylic acids is 3. The fraction of sp³-hybridized carbons (Fsp3) is 0.407. The van der Waals surface area contributed by atoms with Crippen LogP contribution in [-0.4, -0.2) is 45.7 Å². The molecule has 0 fully saturated rings. The van der Waals surface area contributed by atoms with Gasteiger partial charge in [0.1, 0.15) is 5.75 Å². The molecule has 1 N–H and O–H groups in total. The van der Waals surface area contributed by atoms with Gasteiger partial charge in [-0.25, -0.2) is 0 Å². The van der Waals surface area contributed by atoms with Crippen LogP contribution in [0, 0.1) is 10.1 Å². The number of amidine groups is 1. The zero-order valence-electron chi connectivity index (χ0n) is 22.7. The number of hydrazone groups is 1. The molecular weight excluding hydrogens is 538 g/mol. The molecule has 2 aliphatic heterocycles. The van der Waals surface area contributed by atoms with E-state index >= 15 is 0 Å². The first kappa shape index (κ1) is 28.9. The van der Waals surface area contributed by atoms with Gasteiger partial charge in [-0.3, -0.25) is 34.4 Å². The largest absolute Gasteiger partial charge is 0.496 e. The van der Waals surface area contributed by atoms with E-state index < -0.39 is 34.7 Å². The van der Waals surface area contributed by atoms with E-state index in [2.05, 4.69) is 12.2 Å². The second kappa shape index (κ2) is 12.4. The second-order valence-corrected chi connectivity index (χ2v) is 10.4. The number of nitrogens with zero attached hydrogens (tertiary/aromatic N) is 4. The van der Waals surface area contributed by atoms with Gasteiger partial charge >= 0.3 is 11.7 Å². The van der Waals surface area contributed by atoms with Crippen molar-refractivity contribution < 1.29 is 28.8 Å². The lowest BCUT2D eigenvalue weighted by atomic mass is 9.94. The molecule has 0 aliphatic carbocycles. The maximum Gasteiger partial charge on any atom is 0.315 e.